The fraction of sp³-hybridized carbons (Fsp3) is 0.826. The van der Waals surface area contributed by atoms with Crippen LogP contribution in [-0.2, 0) is 37.3 Å². The lowest BCUT2D eigenvalue weighted by Gasteiger charge is -2.68. The van der Waals surface area contributed by atoms with E-state index in [1.165, 1.54) is 12.5 Å². The van der Waals surface area contributed by atoms with E-state index in [4.69, 9.17) is 32.5 Å². The molecule has 0 aromatic carbocycles. The molecule has 0 amide bonds. The van der Waals surface area contributed by atoms with Gasteiger partial charge in [-0.3, -0.25) is 4.79 Å². The van der Waals surface area contributed by atoms with Gasteiger partial charge < -0.3 is 32.5 Å². The number of carbonyl (C=O) groups is 2. The molecule has 0 radical (unpaired) electrons. The lowest BCUT2D eigenvalue weighted by molar-refractivity contribution is -0.341. The van der Waals surface area contributed by atoms with Crippen LogP contribution in [0.3, 0.4) is 0 Å². The predicted octanol–water partition coefficient (Wildman–Crippen LogP) is 19.7. The van der Waals surface area contributed by atoms with Gasteiger partial charge in [-0.25, -0.2) is 4.79 Å². The average Bonchev–Trinajstić information content (AvgIpc) is 3.45. The number of carbonyl (C=O) groups excluding carboxylic acids is 2. The molecule has 2 saturated heterocycles. The molecule has 9 nitrogen and oxygen atoms in total. The van der Waals surface area contributed by atoms with Crippen LogP contribution >= 0.6 is 243 Å². The summed E-state index contributed by atoms with van der Waals surface area (Å²) in [5.41, 5.74) is -1.44. The molecule has 21 unspecified atom stereocenters. The summed E-state index contributed by atoms with van der Waals surface area (Å²) in [4.78, 5) is 27.7. The third kappa shape index (κ3) is 13.7. The van der Waals surface area contributed by atoms with Crippen molar-refractivity contribution in [2.75, 3.05) is 6.61 Å². The molecule has 5 rings (SSSR count). The second-order valence-electron chi connectivity index (χ2n) is 15.7. The van der Waals surface area contributed by atoms with Crippen LogP contribution in [0.5, 0.6) is 0 Å². The van der Waals surface area contributed by atoms with E-state index < -0.39 is 139 Å². The molecule has 2 aliphatic heterocycles. The van der Waals surface area contributed by atoms with Crippen LogP contribution in [0.15, 0.2) is 11.1 Å². The normalized spacial score (nSPS) is 35.4. The van der Waals surface area contributed by atoms with Gasteiger partial charge in [-0.15, -0.1) is 134 Å². The van der Waals surface area contributed by atoms with E-state index in [0.29, 0.717) is 27.2 Å². The summed E-state index contributed by atoms with van der Waals surface area (Å²) in [5, 5.41) is 0. The van der Waals surface area contributed by atoms with Gasteiger partial charge >= 0.3 is 12.1 Å². The maximum absolute atomic E-state index is 14.3. The van der Waals surface area contributed by atoms with Crippen LogP contribution in [0.2, 0.25) is 0 Å². The molecular weight excluding hydrogens is 1350 g/mol. The van der Waals surface area contributed by atoms with E-state index in [1.54, 1.807) is 0 Å². The Morgan fingerprint density at radius 2 is 1.31 bits per heavy atom. The highest BCUT2D eigenvalue weighted by Gasteiger charge is 2.79. The molecule has 2 bridgehead atoms. The van der Waals surface area contributed by atoms with E-state index in [0.717, 1.165) is 5.57 Å². The highest BCUT2D eigenvalue weighted by Crippen LogP contribution is 3.18. The minimum Gasteiger partial charge on any atom is -0.454 e. The highest BCUT2D eigenvalue weighted by atomic mass is 33.2. The summed E-state index contributed by atoms with van der Waals surface area (Å²) in [5.74, 6) is -0.924. The maximum Gasteiger partial charge on any atom is 0.509 e. The molecule has 1 spiro atoms. The zero-order valence-corrected chi connectivity index (χ0v) is 65.6. The molecule has 39 heteroatoms. The Kier molecular flexibility index (Phi) is 28.0. The molecule has 62 heavy (non-hydrogen) atoms. The van der Waals surface area contributed by atoms with Gasteiger partial charge in [-0.2, -0.15) is 0 Å². The van der Waals surface area contributed by atoms with E-state index >= 15 is 0 Å². The largest absolute Gasteiger partial charge is 0.509 e. The predicted molar refractivity (Wildman–Crippen MR) is 359 cm³/mol. The zero-order valence-electron chi connectivity index (χ0n) is 34.5. The van der Waals surface area contributed by atoms with E-state index in [2.05, 4.69) is 171 Å². The van der Waals surface area contributed by atoms with Crippen LogP contribution in [0.4, 0.5) is 4.79 Å². The molecule has 358 valence electrons. The fourth-order valence-corrected chi connectivity index (χ4v) is 204. The summed E-state index contributed by atoms with van der Waals surface area (Å²) in [6.07, 6.45) is -1.49. The lowest BCUT2D eigenvalue weighted by Crippen LogP contribution is -2.79. The molecular formula is C23H62O9P30. The molecule has 0 aromatic heterocycles. The van der Waals surface area contributed by atoms with Crippen molar-refractivity contribution in [3.8, 4) is 0 Å². The van der Waals surface area contributed by atoms with Crippen molar-refractivity contribution >= 4 is 255 Å². The van der Waals surface area contributed by atoms with Crippen LogP contribution in [0.25, 0.3) is 0 Å². The quantitative estimate of drug-likeness (QED) is 0.0755. The average molecular weight is 1410 g/mol. The second-order valence-corrected chi connectivity index (χ2v) is 123. The Hall–Kier alpha value is 11.2. The molecule has 0 aromatic rings. The summed E-state index contributed by atoms with van der Waals surface area (Å²) >= 11 is 0. The Morgan fingerprint density at radius 1 is 0.742 bits per heavy atom. The Labute approximate surface area is 423 Å². The standard InChI is InChI=1S/C23H62O9P30/c1-10-12(30-52(60(48)56(40)41)62(58(44)45)59(46)47)8-23-18(27-19(25)29-23)17-21(5,7-13(16(10)20(23,3)4)31-51(55(38)39)61(49-33)57(42)43)14(32-50(53(34)35)54(36)37)6-15-22(17,9-26-15)28-11(2)24/h12-15,17-18,49H,6-9,33-48H2,1-5H3/t12-,13+,14-,15+,17-,18-,21+,22-,23+,51?,52?,60?,61?/m0/s1. The minimum absolute atomic E-state index is 0.201. The second kappa shape index (κ2) is 27.1. The van der Waals surface area contributed by atoms with Crippen molar-refractivity contribution in [2.45, 2.75) is 95.6 Å². The van der Waals surface area contributed by atoms with Crippen molar-refractivity contribution in [2.24, 2.45) is 16.7 Å². The summed E-state index contributed by atoms with van der Waals surface area (Å²) in [6, 6.07) is 0. The number of rotatable bonds is 18. The molecule has 30 atom stereocenters. The van der Waals surface area contributed by atoms with Gasteiger partial charge in [0.2, 0.25) is 0 Å². The molecule has 0 N–H and O–H groups in total. The number of esters is 1. The van der Waals surface area contributed by atoms with Crippen molar-refractivity contribution < 1.29 is 42.1 Å². The van der Waals surface area contributed by atoms with Crippen molar-refractivity contribution in [3.05, 3.63) is 11.1 Å². The third-order valence-corrected chi connectivity index (χ3v) is 152. The molecule has 5 aliphatic rings. The number of hydrogen-bond donors (Lipinski definition) is 0. The topological polar surface area (TPSA) is 98.8 Å². The Morgan fingerprint density at radius 3 is 1.76 bits per heavy atom. The first-order chi connectivity index (χ1) is 28.6. The highest BCUT2D eigenvalue weighted by molar-refractivity contribution is 9.19. The first-order valence-corrected chi connectivity index (χ1v) is 70.3. The number of hydrogen-bond acceptors (Lipinski definition) is 9. The van der Waals surface area contributed by atoms with Crippen LogP contribution in [-0.4, -0.2) is 60.5 Å². The first-order valence-electron chi connectivity index (χ1n) is 18.1. The summed E-state index contributed by atoms with van der Waals surface area (Å²) < 4.78 is 50.0. The smallest absolute Gasteiger partial charge is 0.454 e. The zero-order chi connectivity index (χ0) is 46.8. The monoisotopic (exact) mass is 1410 g/mol. The van der Waals surface area contributed by atoms with Gasteiger partial charge in [0.15, 0.2) is 17.3 Å². The van der Waals surface area contributed by atoms with Crippen LogP contribution < -0.4 is 0 Å². The fourth-order valence-electron chi connectivity index (χ4n) is 9.47. The van der Waals surface area contributed by atoms with Crippen molar-refractivity contribution in [3.63, 3.8) is 0 Å². The van der Waals surface area contributed by atoms with E-state index in [-0.39, 0.29) is 30.9 Å². The summed E-state index contributed by atoms with van der Waals surface area (Å²) in [7, 11) is 47.5. The molecule has 4 fully saturated rings. The molecule has 2 heterocycles. The number of ether oxygens (including phenoxy) is 4. The van der Waals surface area contributed by atoms with Crippen LogP contribution in [0, 0.1) is 16.7 Å². The molecule has 2 saturated carbocycles. The van der Waals surface area contributed by atoms with Gasteiger partial charge in [0.1, 0.15) is 6.10 Å². The van der Waals surface area contributed by atoms with Crippen LogP contribution in [0.1, 0.15) is 53.9 Å². The van der Waals surface area contributed by atoms with Crippen molar-refractivity contribution in [1.82, 2.24) is 0 Å². The lowest BCUT2D eigenvalue weighted by atomic mass is 9.45. The maximum atomic E-state index is 14.3. The van der Waals surface area contributed by atoms with Gasteiger partial charge in [-0.1, -0.05) is 37.7 Å². The van der Waals surface area contributed by atoms with E-state index in [1.807, 2.05) is 0 Å². The van der Waals surface area contributed by atoms with Gasteiger partial charge in [0.05, 0.1) is 53.4 Å². The Balaban J connectivity index is 1.88. The molecule has 3 aliphatic carbocycles. The number of fused-ring (bicyclic) bond motifs is 5. The summed E-state index contributed by atoms with van der Waals surface area (Å²) in [6.45, 7) is 5.51. The minimum atomic E-state index is -1.20. The van der Waals surface area contributed by atoms with Gasteiger partial charge in [0, 0.05) is 51.6 Å². The van der Waals surface area contributed by atoms with Crippen molar-refractivity contribution in [1.29, 1.82) is 0 Å². The van der Waals surface area contributed by atoms with Gasteiger partial charge in [0.25, 0.3) is 0 Å². The Bertz CT molecular complexity index is 1630. The third-order valence-electron chi connectivity index (χ3n) is 11.8. The first kappa shape index (κ1) is 64.0. The van der Waals surface area contributed by atoms with Gasteiger partial charge in [-0.05, 0) is 73.4 Å². The van der Waals surface area contributed by atoms with E-state index in [9.17, 15) is 9.59 Å². The SMILES string of the molecule is CC(=O)O[C@@]12CO[C@@H]1C[C@H](OP(P(P)P)P(P)P)[C@@]1(C)C[C@@H](OP(P(P)P)P(PP)P(P)P)C3=C(C)[C@@H](OP(P(P)P(P)P)P(P(P)P)P(P)P)C[C@]4(OC(=O)O[C@H]4[C@@H]12)C3(C)C.